The molecule has 0 N–H and O–H groups in total. The van der Waals surface area contributed by atoms with Gasteiger partial charge < -0.3 is 0 Å². The second-order valence-electron chi connectivity index (χ2n) is 4.39. The van der Waals surface area contributed by atoms with Crippen LogP contribution in [0.25, 0.3) is 0 Å². The Kier molecular flexibility index (Phi) is 8.44. The topological polar surface area (TPSA) is 0 Å². The molecule has 0 heterocycles. The number of rotatable bonds is 3. The van der Waals surface area contributed by atoms with E-state index >= 15 is 0 Å². The molecule has 22 heavy (non-hydrogen) atoms. The summed E-state index contributed by atoms with van der Waals surface area (Å²) < 4.78 is 0. The fraction of sp³-hybridized carbons (Fsp3) is 0. The Hall–Kier alpha value is -0.431. The monoisotopic (exact) mass is 483 g/mol. The van der Waals surface area contributed by atoms with Crippen LogP contribution in [0.1, 0.15) is 0 Å². The van der Waals surface area contributed by atoms with Crippen molar-refractivity contribution >= 4 is 52.1 Å². The van der Waals surface area contributed by atoms with Crippen molar-refractivity contribution in [1.82, 2.24) is 0 Å². The van der Waals surface area contributed by atoms with Crippen LogP contribution in [0.3, 0.4) is 0 Å². The van der Waals surface area contributed by atoms with Crippen molar-refractivity contribution in [3.8, 4) is 0 Å². The molecule has 0 nitrogen and oxygen atoms in total. The van der Waals surface area contributed by atoms with Gasteiger partial charge in [-0.15, -0.1) is 0 Å². The van der Waals surface area contributed by atoms with Gasteiger partial charge in [0.2, 0.25) is 0 Å². The Morgan fingerprint density at radius 1 is 0.500 bits per heavy atom. The zero-order valence-corrected chi connectivity index (χ0v) is 16.7. The standard InChI is InChI=1S/C18H15P.2BrH.Cu/c1-4-10-16(11-5-1)19(17-12-6-2-7-13-17)18-14-8-3-9-15-18;;;/h1-15H;2*1H;/q;;;+2/p-2. The zero-order chi connectivity index (χ0) is 15.6. The number of hydrogen-bond acceptors (Lipinski definition) is 0. The fourth-order valence-electron chi connectivity index (χ4n) is 2.18. The van der Waals surface area contributed by atoms with Crippen LogP contribution in [0, 0.1) is 0 Å². The van der Waals surface area contributed by atoms with Crippen molar-refractivity contribution in [2.75, 3.05) is 0 Å². The summed E-state index contributed by atoms with van der Waals surface area (Å²) in [6.07, 6.45) is 0. The molecular formula is C18H15Br2CuP. The molecule has 117 valence electrons. The first kappa shape index (κ1) is 17.9. The van der Waals surface area contributed by atoms with Gasteiger partial charge in [0, 0.05) is 0 Å². The van der Waals surface area contributed by atoms with E-state index in [0.717, 1.165) is 0 Å². The Morgan fingerprint density at radius 2 is 0.727 bits per heavy atom. The Bertz CT molecular complexity index is 554. The van der Waals surface area contributed by atoms with Crippen LogP contribution >= 0.6 is 36.1 Å². The van der Waals surface area contributed by atoms with E-state index < -0.39 is 7.92 Å². The summed E-state index contributed by atoms with van der Waals surface area (Å²) >= 11 is 7.38. The van der Waals surface area contributed by atoms with Crippen molar-refractivity contribution in [2.24, 2.45) is 0 Å². The summed E-state index contributed by atoms with van der Waals surface area (Å²) in [6.45, 7) is 0. The van der Waals surface area contributed by atoms with E-state index in [1.165, 1.54) is 27.3 Å². The summed E-state index contributed by atoms with van der Waals surface area (Å²) in [7, 11) is -0.446. The molecule has 0 amide bonds. The third-order valence-corrected chi connectivity index (χ3v) is 5.49. The van der Waals surface area contributed by atoms with Crippen molar-refractivity contribution in [3.05, 3.63) is 91.0 Å². The van der Waals surface area contributed by atoms with E-state index in [2.05, 4.69) is 119 Å². The number of benzene rings is 3. The maximum absolute atomic E-state index is 2.97. The molecule has 0 aliphatic carbocycles. The molecule has 0 aliphatic rings. The molecule has 0 radical (unpaired) electrons. The van der Waals surface area contributed by atoms with Crippen LogP contribution in [0.4, 0.5) is 0 Å². The van der Waals surface area contributed by atoms with Crippen LogP contribution in [0.5, 0.6) is 0 Å². The molecule has 0 aliphatic heterocycles. The van der Waals surface area contributed by atoms with Gasteiger partial charge in [-0.1, -0.05) is 91.0 Å². The van der Waals surface area contributed by atoms with Gasteiger partial charge in [-0.25, -0.2) is 0 Å². The smallest absolute Gasteiger partial charge is 0.0134 e. The molecule has 0 atom stereocenters. The third kappa shape index (κ3) is 5.33. The Labute approximate surface area is 153 Å². The van der Waals surface area contributed by atoms with Crippen molar-refractivity contribution in [1.29, 1.82) is 0 Å². The van der Waals surface area contributed by atoms with Gasteiger partial charge >= 0.3 is 39.6 Å². The van der Waals surface area contributed by atoms with Crippen molar-refractivity contribution < 1.29 is 11.3 Å². The minimum Gasteiger partial charge on any atom is -0.0622 e. The molecular weight excluding hydrogens is 471 g/mol. The molecule has 0 fully saturated rings. The first-order chi connectivity index (χ1) is 10.9. The molecule has 3 aromatic carbocycles. The van der Waals surface area contributed by atoms with E-state index in [1.807, 2.05) is 0 Å². The molecule has 3 rings (SSSR count). The normalized spacial score (nSPS) is 10.1. The summed E-state index contributed by atoms with van der Waals surface area (Å²) in [6, 6.07) is 32.3. The molecule has 4 heteroatoms. The molecule has 3 aromatic rings. The van der Waals surface area contributed by atoms with Gasteiger partial charge in [-0.3, -0.25) is 0 Å². The predicted molar refractivity (Wildman–Crippen MR) is 103 cm³/mol. The third-order valence-electron chi connectivity index (χ3n) is 3.04. The van der Waals surface area contributed by atoms with E-state index in [-0.39, 0.29) is 0 Å². The fourth-order valence-corrected chi connectivity index (χ4v) is 4.48. The summed E-state index contributed by atoms with van der Waals surface area (Å²) in [5.74, 6) is 0. The first-order valence-corrected chi connectivity index (χ1v) is 12.6. The summed E-state index contributed by atoms with van der Waals surface area (Å²) in [5.41, 5.74) is 0. The molecule has 0 unspecified atom stereocenters. The second kappa shape index (κ2) is 10.4. The average Bonchev–Trinajstić information content (AvgIpc) is 2.59. The summed E-state index contributed by atoms with van der Waals surface area (Å²) in [4.78, 5) is 0. The van der Waals surface area contributed by atoms with Crippen LogP contribution in [0.2, 0.25) is 0 Å². The van der Waals surface area contributed by atoms with Gasteiger partial charge in [-0.05, 0) is 23.8 Å². The number of halogens is 2. The van der Waals surface area contributed by atoms with Gasteiger partial charge in [0.25, 0.3) is 0 Å². The van der Waals surface area contributed by atoms with Crippen molar-refractivity contribution in [2.45, 2.75) is 0 Å². The van der Waals surface area contributed by atoms with Crippen LogP contribution in [0.15, 0.2) is 91.0 Å². The van der Waals surface area contributed by atoms with E-state index in [9.17, 15) is 0 Å². The quantitative estimate of drug-likeness (QED) is 0.356. The Balaban J connectivity index is 0.000000545. The molecule has 0 saturated heterocycles. The van der Waals surface area contributed by atoms with Gasteiger partial charge in [0.05, 0.1) is 0 Å². The largest absolute Gasteiger partial charge is 0.0622 e. The zero-order valence-electron chi connectivity index (χ0n) is 11.7. The van der Waals surface area contributed by atoms with Crippen LogP contribution in [-0.4, -0.2) is 0 Å². The van der Waals surface area contributed by atoms with Gasteiger partial charge in [-0.2, -0.15) is 0 Å². The number of hydrogen-bond donors (Lipinski definition) is 0. The van der Waals surface area contributed by atoms with Crippen LogP contribution < -0.4 is 15.9 Å². The van der Waals surface area contributed by atoms with Crippen molar-refractivity contribution in [3.63, 3.8) is 0 Å². The van der Waals surface area contributed by atoms with E-state index in [1.54, 1.807) is 0 Å². The van der Waals surface area contributed by atoms with E-state index in [4.69, 9.17) is 0 Å². The maximum Gasteiger partial charge on any atom is -0.0134 e. The predicted octanol–water partition coefficient (Wildman–Crippen LogP) is 5.13. The SMILES string of the molecule is [Br][Cu][Br].c1ccc(P(c2ccccc2)c2ccccc2)cc1. The molecule has 0 aromatic heterocycles. The minimum absolute atomic E-state index is 0.446. The summed E-state index contributed by atoms with van der Waals surface area (Å²) in [5, 5.41) is 4.19. The van der Waals surface area contributed by atoms with Crippen LogP contribution in [-0.2, 0) is 11.3 Å². The molecule has 0 saturated carbocycles. The van der Waals surface area contributed by atoms with Gasteiger partial charge in [0.1, 0.15) is 0 Å². The molecule has 0 bridgehead atoms. The Morgan fingerprint density at radius 3 is 0.955 bits per heavy atom. The first-order valence-electron chi connectivity index (χ1n) is 6.63. The molecule has 0 spiro atoms. The minimum atomic E-state index is -0.446. The van der Waals surface area contributed by atoms with Gasteiger partial charge in [0.15, 0.2) is 0 Å². The second-order valence-corrected chi connectivity index (χ2v) is 11.4. The average molecular weight is 486 g/mol. The van der Waals surface area contributed by atoms with E-state index in [0.29, 0.717) is 0 Å². The maximum atomic E-state index is 2.97.